The molecule has 1 fully saturated rings. The molecule has 0 spiro atoms. The molecule has 2 aromatic heterocycles. The zero-order valence-corrected chi connectivity index (χ0v) is 13.7. The van der Waals surface area contributed by atoms with E-state index >= 15 is 0 Å². The number of furan rings is 2. The molecule has 3 heterocycles. The van der Waals surface area contributed by atoms with Crippen LogP contribution in [0.4, 0.5) is 0 Å². The van der Waals surface area contributed by atoms with Crippen molar-refractivity contribution in [2.24, 2.45) is 5.92 Å². The molecule has 0 unspecified atom stereocenters. The van der Waals surface area contributed by atoms with Crippen LogP contribution in [0.1, 0.15) is 29.9 Å². The Morgan fingerprint density at radius 1 is 1.05 bits per heavy atom. The van der Waals surface area contributed by atoms with E-state index in [0.29, 0.717) is 10.9 Å². The summed E-state index contributed by atoms with van der Waals surface area (Å²) in [5, 5.41) is 6.19. The summed E-state index contributed by atoms with van der Waals surface area (Å²) in [5.74, 6) is 2.48. The van der Waals surface area contributed by atoms with E-state index in [0.717, 1.165) is 53.0 Å². The zero-order chi connectivity index (χ0) is 15.3. The van der Waals surface area contributed by atoms with Gasteiger partial charge in [-0.05, 0) is 64.3 Å². The van der Waals surface area contributed by atoms with Crippen LogP contribution in [0, 0.1) is 19.8 Å². The van der Waals surface area contributed by atoms with Gasteiger partial charge < -0.3 is 14.2 Å². The van der Waals surface area contributed by atoms with Crippen LogP contribution in [-0.2, 0) is 6.42 Å². The van der Waals surface area contributed by atoms with Crippen molar-refractivity contribution in [3.8, 4) is 0 Å². The van der Waals surface area contributed by atoms with Crippen molar-refractivity contribution in [1.29, 1.82) is 0 Å². The lowest BCUT2D eigenvalue weighted by Gasteiger charge is -2.23. The molecule has 116 valence electrons. The number of benzene rings is 1. The number of fused-ring (bicyclic) bond motifs is 2. The average molecular weight is 318 g/mol. The molecule has 1 aliphatic heterocycles. The predicted molar refractivity (Wildman–Crippen MR) is 89.8 cm³/mol. The van der Waals surface area contributed by atoms with Crippen molar-refractivity contribution in [3.63, 3.8) is 0 Å². The minimum absolute atomic E-state index is 0.670. The maximum absolute atomic E-state index is 6.55. The van der Waals surface area contributed by atoms with Crippen molar-refractivity contribution >= 4 is 33.5 Å². The molecule has 3 aromatic rings. The lowest BCUT2D eigenvalue weighted by atomic mass is 9.89. The summed E-state index contributed by atoms with van der Waals surface area (Å²) < 4.78 is 11.9. The zero-order valence-electron chi connectivity index (χ0n) is 13.0. The fourth-order valence-electron chi connectivity index (χ4n) is 3.62. The second-order valence-corrected chi connectivity index (χ2v) is 6.77. The van der Waals surface area contributed by atoms with Crippen LogP contribution in [0.25, 0.3) is 21.9 Å². The topological polar surface area (TPSA) is 38.3 Å². The Kier molecular flexibility index (Phi) is 3.43. The molecular weight excluding hydrogens is 298 g/mol. The summed E-state index contributed by atoms with van der Waals surface area (Å²) in [6.45, 7) is 6.15. The van der Waals surface area contributed by atoms with E-state index in [1.165, 1.54) is 18.4 Å². The molecule has 0 atom stereocenters. The standard InChI is InChI=1S/C18H20ClNO2/c1-10-7-13-14(9-12-3-5-20-6-4-12)17-15(8-11(2)21-17)16(19)18(13)22-10/h7-8,12,20H,3-6,9H2,1-2H3. The van der Waals surface area contributed by atoms with Gasteiger partial charge in [0.1, 0.15) is 17.1 Å². The van der Waals surface area contributed by atoms with E-state index in [4.69, 9.17) is 20.4 Å². The summed E-state index contributed by atoms with van der Waals surface area (Å²) in [5.41, 5.74) is 3.00. The molecule has 4 heteroatoms. The molecule has 1 saturated heterocycles. The highest BCUT2D eigenvalue weighted by Gasteiger charge is 2.23. The molecule has 0 aliphatic carbocycles. The minimum Gasteiger partial charge on any atom is -0.461 e. The fraction of sp³-hybridized carbons (Fsp3) is 0.444. The molecule has 3 nitrogen and oxygen atoms in total. The lowest BCUT2D eigenvalue weighted by molar-refractivity contribution is 0.373. The Bertz CT molecular complexity index is 782. The predicted octanol–water partition coefficient (Wildman–Crippen LogP) is 4.99. The Labute approximate surface area is 134 Å². The molecule has 0 bridgehead atoms. The number of rotatable bonds is 2. The third-order valence-electron chi connectivity index (χ3n) is 4.70. The van der Waals surface area contributed by atoms with Crippen molar-refractivity contribution in [2.45, 2.75) is 33.1 Å². The van der Waals surface area contributed by atoms with Gasteiger partial charge in [-0.1, -0.05) is 11.6 Å². The smallest absolute Gasteiger partial charge is 0.154 e. The maximum Gasteiger partial charge on any atom is 0.154 e. The van der Waals surface area contributed by atoms with Crippen LogP contribution in [0.3, 0.4) is 0 Å². The van der Waals surface area contributed by atoms with Gasteiger partial charge in [0.05, 0.1) is 5.02 Å². The van der Waals surface area contributed by atoms with Gasteiger partial charge in [-0.25, -0.2) is 0 Å². The third kappa shape index (κ3) is 2.24. The first-order valence-electron chi connectivity index (χ1n) is 7.95. The second-order valence-electron chi connectivity index (χ2n) is 6.39. The molecule has 1 N–H and O–H groups in total. The number of aryl methyl sites for hydroxylation is 2. The van der Waals surface area contributed by atoms with Crippen molar-refractivity contribution < 1.29 is 8.83 Å². The van der Waals surface area contributed by atoms with Gasteiger partial charge >= 0.3 is 0 Å². The molecule has 1 aliphatic rings. The second kappa shape index (κ2) is 5.32. The lowest BCUT2D eigenvalue weighted by Crippen LogP contribution is -2.28. The summed E-state index contributed by atoms with van der Waals surface area (Å²) in [7, 11) is 0. The van der Waals surface area contributed by atoms with E-state index in [1.54, 1.807) is 0 Å². The number of hydrogen-bond acceptors (Lipinski definition) is 3. The molecule has 1 aromatic carbocycles. The van der Waals surface area contributed by atoms with Crippen LogP contribution in [0.5, 0.6) is 0 Å². The summed E-state index contributed by atoms with van der Waals surface area (Å²) in [4.78, 5) is 0. The Morgan fingerprint density at radius 3 is 2.41 bits per heavy atom. The molecular formula is C18H20ClNO2. The highest BCUT2D eigenvalue weighted by Crippen LogP contribution is 2.40. The maximum atomic E-state index is 6.55. The van der Waals surface area contributed by atoms with E-state index < -0.39 is 0 Å². The minimum atomic E-state index is 0.670. The van der Waals surface area contributed by atoms with E-state index in [-0.39, 0.29) is 0 Å². The third-order valence-corrected chi connectivity index (χ3v) is 5.07. The highest BCUT2D eigenvalue weighted by atomic mass is 35.5. The van der Waals surface area contributed by atoms with Crippen molar-refractivity contribution in [3.05, 3.63) is 34.2 Å². The van der Waals surface area contributed by atoms with Gasteiger partial charge in [-0.3, -0.25) is 0 Å². The SMILES string of the molecule is Cc1cc2c(CC3CCNCC3)c3oc(C)cc3c(Cl)c2o1. The van der Waals surface area contributed by atoms with Gasteiger partial charge in [0.15, 0.2) is 5.58 Å². The molecule has 0 saturated carbocycles. The molecule has 0 amide bonds. The largest absolute Gasteiger partial charge is 0.461 e. The Balaban J connectivity index is 1.93. The average Bonchev–Trinajstić information content (AvgIpc) is 3.08. The van der Waals surface area contributed by atoms with Gasteiger partial charge in [0.25, 0.3) is 0 Å². The van der Waals surface area contributed by atoms with E-state index in [1.807, 2.05) is 19.9 Å². The quantitative estimate of drug-likeness (QED) is 0.723. The number of piperidine rings is 1. The first-order chi connectivity index (χ1) is 10.6. The van der Waals surface area contributed by atoms with Crippen LogP contribution in [0.15, 0.2) is 21.0 Å². The first-order valence-corrected chi connectivity index (χ1v) is 8.32. The number of halogens is 1. The van der Waals surface area contributed by atoms with Crippen LogP contribution < -0.4 is 5.32 Å². The summed E-state index contributed by atoms with van der Waals surface area (Å²) in [6, 6.07) is 4.11. The van der Waals surface area contributed by atoms with Crippen molar-refractivity contribution in [1.82, 2.24) is 5.32 Å². The summed E-state index contributed by atoms with van der Waals surface area (Å²) in [6.07, 6.45) is 3.45. The normalized spacial score (nSPS) is 16.9. The fourth-order valence-corrected chi connectivity index (χ4v) is 3.91. The first kappa shape index (κ1) is 14.2. The number of hydrogen-bond donors (Lipinski definition) is 1. The van der Waals surface area contributed by atoms with Gasteiger partial charge in [0.2, 0.25) is 0 Å². The van der Waals surface area contributed by atoms with Gasteiger partial charge in [0, 0.05) is 16.3 Å². The van der Waals surface area contributed by atoms with Gasteiger partial charge in [-0.2, -0.15) is 0 Å². The molecule has 22 heavy (non-hydrogen) atoms. The summed E-state index contributed by atoms with van der Waals surface area (Å²) >= 11 is 6.55. The van der Waals surface area contributed by atoms with Crippen molar-refractivity contribution in [2.75, 3.05) is 13.1 Å². The van der Waals surface area contributed by atoms with E-state index in [2.05, 4.69) is 11.4 Å². The van der Waals surface area contributed by atoms with Gasteiger partial charge in [-0.15, -0.1) is 0 Å². The van der Waals surface area contributed by atoms with E-state index in [9.17, 15) is 0 Å². The Morgan fingerprint density at radius 2 is 1.68 bits per heavy atom. The number of nitrogens with one attached hydrogen (secondary N) is 1. The highest BCUT2D eigenvalue weighted by molar-refractivity contribution is 6.40. The van der Waals surface area contributed by atoms with Crippen LogP contribution in [-0.4, -0.2) is 13.1 Å². The molecule has 0 radical (unpaired) electrons. The van der Waals surface area contributed by atoms with Crippen LogP contribution in [0.2, 0.25) is 5.02 Å². The van der Waals surface area contributed by atoms with Crippen LogP contribution >= 0.6 is 11.6 Å². The Hall–Kier alpha value is -1.45. The monoisotopic (exact) mass is 317 g/mol. The molecule has 4 rings (SSSR count).